The highest BCUT2D eigenvalue weighted by Crippen LogP contribution is 2.38. The summed E-state index contributed by atoms with van der Waals surface area (Å²) >= 11 is 0. The molecular formula is C74H104N10O8. The first-order valence-electron chi connectivity index (χ1n) is 34.8. The Hall–Kier alpha value is -7.28. The molecule has 8 rings (SSSR count). The summed E-state index contributed by atoms with van der Waals surface area (Å²) in [5.74, 6) is -2.44. The fourth-order valence-electron chi connectivity index (χ4n) is 14.5. The number of unbranched alkanes of at least 4 members (excludes halogenated alkanes) is 6. The molecule has 4 saturated heterocycles. The van der Waals surface area contributed by atoms with Crippen molar-refractivity contribution in [2.24, 2.45) is 17.8 Å². The molecule has 0 bridgehead atoms. The molecule has 8 N–H and O–H groups in total. The van der Waals surface area contributed by atoms with E-state index in [1.54, 1.807) is 16.8 Å². The molecule has 0 spiro atoms. The minimum absolute atomic E-state index is 0.0883. The largest absolute Gasteiger partial charge is 0.354 e. The van der Waals surface area contributed by atoms with Gasteiger partial charge in [0.1, 0.15) is 36.3 Å². The Bertz CT molecular complexity index is 2770. The molecule has 18 nitrogen and oxygen atoms in total. The Labute approximate surface area is 546 Å². The molecule has 1 unspecified atom stereocenters. The summed E-state index contributed by atoms with van der Waals surface area (Å²) in [6, 6.07) is 33.1. The van der Waals surface area contributed by atoms with E-state index in [2.05, 4.69) is 66.8 Å². The lowest BCUT2D eigenvalue weighted by atomic mass is 9.89. The highest BCUT2D eigenvalue weighted by Gasteiger charge is 2.50. The number of hydrogen-bond donors (Lipinski definition) is 8. The number of rotatable bonds is 36. The Morgan fingerprint density at radius 1 is 0.467 bits per heavy atom. The van der Waals surface area contributed by atoms with Crippen molar-refractivity contribution in [3.05, 3.63) is 144 Å². The zero-order valence-corrected chi connectivity index (χ0v) is 55.0. The summed E-state index contributed by atoms with van der Waals surface area (Å²) in [5.41, 5.74) is 3.67. The van der Waals surface area contributed by atoms with Crippen molar-refractivity contribution in [1.29, 1.82) is 0 Å². The van der Waals surface area contributed by atoms with Crippen LogP contribution < -0.4 is 42.5 Å². The molecule has 18 heteroatoms. The maximum Gasteiger partial charge on any atom is 0.247 e. The summed E-state index contributed by atoms with van der Waals surface area (Å²) in [6.07, 6.45) is 14.6. The lowest BCUT2D eigenvalue weighted by molar-refractivity contribution is -0.144. The van der Waals surface area contributed by atoms with Crippen LogP contribution in [0, 0.1) is 17.8 Å². The lowest BCUT2D eigenvalue weighted by Gasteiger charge is -2.33. The van der Waals surface area contributed by atoms with Gasteiger partial charge in [-0.2, -0.15) is 0 Å². The van der Waals surface area contributed by atoms with Gasteiger partial charge in [0.05, 0.1) is 6.04 Å². The minimum Gasteiger partial charge on any atom is -0.354 e. The average molecular weight is 1260 g/mol. The van der Waals surface area contributed by atoms with Gasteiger partial charge in [-0.05, 0) is 151 Å². The van der Waals surface area contributed by atoms with Crippen molar-refractivity contribution in [2.45, 2.75) is 223 Å². The van der Waals surface area contributed by atoms with E-state index >= 15 is 0 Å². The Morgan fingerprint density at radius 3 is 1.36 bits per heavy atom. The second-order valence-corrected chi connectivity index (χ2v) is 26.0. The van der Waals surface area contributed by atoms with Gasteiger partial charge in [0.25, 0.3) is 0 Å². The second kappa shape index (κ2) is 36.8. The first kappa shape index (κ1) is 70.6. The number of nitrogens with one attached hydrogen (secondary N) is 8. The molecule has 11 atom stereocenters. The fraction of sp³-hybridized carbons (Fsp3) is 0.568. The van der Waals surface area contributed by atoms with E-state index in [1.165, 1.54) is 11.1 Å². The number of likely N-dealkylation sites (N-methyl/N-ethyl adjacent to an activating group) is 1. The van der Waals surface area contributed by atoms with E-state index < -0.39 is 42.3 Å². The van der Waals surface area contributed by atoms with E-state index in [4.69, 9.17) is 0 Å². The van der Waals surface area contributed by atoms with Gasteiger partial charge in [-0.25, -0.2) is 0 Å². The van der Waals surface area contributed by atoms with E-state index in [0.717, 1.165) is 64.2 Å². The van der Waals surface area contributed by atoms with Crippen molar-refractivity contribution in [3.8, 4) is 0 Å². The molecule has 4 heterocycles. The number of hydrogen-bond acceptors (Lipinski definition) is 11. The number of benzene rings is 4. The first-order valence-corrected chi connectivity index (χ1v) is 34.8. The maximum absolute atomic E-state index is 14.8. The zero-order chi connectivity index (χ0) is 65.2. The smallest absolute Gasteiger partial charge is 0.247 e. The van der Waals surface area contributed by atoms with Gasteiger partial charge >= 0.3 is 0 Å². The van der Waals surface area contributed by atoms with Crippen LogP contribution in [0.15, 0.2) is 121 Å². The molecule has 92 heavy (non-hydrogen) atoms. The summed E-state index contributed by atoms with van der Waals surface area (Å²) in [4.78, 5) is 118. The van der Waals surface area contributed by atoms with Gasteiger partial charge in [-0.1, -0.05) is 174 Å². The lowest BCUT2D eigenvalue weighted by Crippen LogP contribution is -2.58. The van der Waals surface area contributed by atoms with Crippen LogP contribution in [0.5, 0.6) is 0 Å². The van der Waals surface area contributed by atoms with Crippen LogP contribution in [0.1, 0.15) is 190 Å². The monoisotopic (exact) mass is 1260 g/mol. The third-order valence-corrected chi connectivity index (χ3v) is 19.9. The van der Waals surface area contributed by atoms with E-state index in [1.807, 2.05) is 118 Å². The van der Waals surface area contributed by atoms with Crippen molar-refractivity contribution in [2.75, 3.05) is 26.7 Å². The molecule has 498 valence electrons. The summed E-state index contributed by atoms with van der Waals surface area (Å²) in [6.45, 7) is 9.04. The number of fused-ring (bicyclic) bond motifs is 2. The number of amides is 7. The topological polar surface area (TPSA) is 239 Å². The van der Waals surface area contributed by atoms with Crippen LogP contribution in [0.3, 0.4) is 0 Å². The second-order valence-electron chi connectivity index (χ2n) is 26.0. The van der Waals surface area contributed by atoms with Crippen LogP contribution in [0.4, 0.5) is 0 Å². The fourth-order valence-corrected chi connectivity index (χ4v) is 14.5. The standard InChI is InChI=1S/C74H104N10O8/c1-5-53(6-2)68(86)81-66-56(44-47-76-49-51-27-17-13-18-28-51)36-38-59-41-43-62(84(59)73(66)91)71(89)80-65(55-33-23-16-24-34-55)72(90)78-46-26-12-10-8-9-11-25-35-63(85)64(54-31-21-15-22-32-54)79-70(88)61-42-40-58-39-37-57(45-48-77-50-52-29-19-14-20-30-52)67(74(92)83(58)61)82-69(87)60(7-3)75-4/h13-24,27-34,53,56-62,64-67,75-77H,5-12,25-26,35-50H2,1-4H3,(H,78,90)(H,79,88)(H,80,89)(H,81,86)(H,82,87)/t56-,57-,58+,59+,60+,61+,62+,64?,65+,66+,67+/m1/s1. The Balaban J connectivity index is 0.793. The van der Waals surface area contributed by atoms with Gasteiger partial charge in [-0.15, -0.1) is 0 Å². The van der Waals surface area contributed by atoms with Crippen molar-refractivity contribution >= 4 is 47.1 Å². The number of nitrogens with zero attached hydrogens (tertiary/aromatic N) is 2. The van der Waals surface area contributed by atoms with Gasteiger partial charge in [0.2, 0.25) is 41.4 Å². The van der Waals surface area contributed by atoms with Crippen LogP contribution in [0.2, 0.25) is 0 Å². The van der Waals surface area contributed by atoms with Gasteiger partial charge in [0.15, 0.2) is 5.78 Å². The molecule has 7 amide bonds. The minimum atomic E-state index is -0.975. The third kappa shape index (κ3) is 19.6. The highest BCUT2D eigenvalue weighted by molar-refractivity contribution is 5.97. The quantitative estimate of drug-likeness (QED) is 0.0200. The van der Waals surface area contributed by atoms with Gasteiger partial charge < -0.3 is 52.3 Å². The number of Topliss-reactive ketones (excluding diaryl/α,β-unsaturated/α-hetero) is 1. The van der Waals surface area contributed by atoms with E-state index in [9.17, 15) is 38.4 Å². The van der Waals surface area contributed by atoms with Crippen LogP contribution in [0.25, 0.3) is 0 Å². The molecule has 4 aromatic rings. The molecule has 4 aromatic carbocycles. The highest BCUT2D eigenvalue weighted by atomic mass is 16.2. The Morgan fingerprint density at radius 2 is 0.891 bits per heavy atom. The third-order valence-electron chi connectivity index (χ3n) is 19.9. The van der Waals surface area contributed by atoms with Crippen LogP contribution in [-0.4, -0.2) is 126 Å². The zero-order valence-electron chi connectivity index (χ0n) is 55.0. The molecule has 0 aliphatic carbocycles. The molecular weight excluding hydrogens is 1160 g/mol. The van der Waals surface area contributed by atoms with Crippen LogP contribution >= 0.6 is 0 Å². The SMILES string of the molecule is CCC(CC)C(=O)N[C@@H]1C(=O)N2[C@@H](CC[C@@H]1CCNCc1ccccc1)CC[C@H]2C(=O)N[C@H](C(=O)NCCCCCCCCCC(=O)C(NC(=O)[C@@H]1CC[C@@H]2CC[C@H](CCNCc3ccccc3)[C@H](NC(=O)[C@H](CC)NC)C(=O)N21)c1ccccc1)c1ccccc1. The maximum atomic E-state index is 14.8. The Kier molecular flexibility index (Phi) is 28.3. The molecule has 0 saturated carbocycles. The van der Waals surface area contributed by atoms with E-state index in [-0.39, 0.29) is 83.4 Å². The molecule has 4 aliphatic rings. The number of carbonyl (C=O) groups is 8. The predicted molar refractivity (Wildman–Crippen MR) is 359 cm³/mol. The van der Waals surface area contributed by atoms with Crippen molar-refractivity contribution in [1.82, 2.24) is 52.3 Å². The molecule has 4 aliphatic heterocycles. The summed E-state index contributed by atoms with van der Waals surface area (Å²) in [7, 11) is 1.74. The molecule has 4 fully saturated rings. The number of ketones is 1. The van der Waals surface area contributed by atoms with E-state index in [0.29, 0.717) is 108 Å². The van der Waals surface area contributed by atoms with Crippen molar-refractivity contribution in [3.63, 3.8) is 0 Å². The van der Waals surface area contributed by atoms with Gasteiger partial charge in [-0.3, -0.25) is 38.4 Å². The summed E-state index contributed by atoms with van der Waals surface area (Å²) in [5, 5.41) is 25.7. The average Bonchev–Trinajstić information content (AvgIpc) is 1.64. The van der Waals surface area contributed by atoms with Gasteiger partial charge in [0, 0.05) is 44.1 Å². The number of carbonyl (C=O) groups excluding carboxylic acids is 8. The van der Waals surface area contributed by atoms with Crippen molar-refractivity contribution < 1.29 is 38.4 Å². The molecule has 0 aromatic heterocycles. The van der Waals surface area contributed by atoms with Crippen LogP contribution in [-0.2, 0) is 51.4 Å². The predicted octanol–water partition coefficient (Wildman–Crippen LogP) is 8.81. The summed E-state index contributed by atoms with van der Waals surface area (Å²) < 4.78 is 0. The normalized spacial score (nSPS) is 22.3. The molecule has 0 radical (unpaired) electrons. The first-order chi connectivity index (χ1) is 44.8.